The Morgan fingerprint density at radius 3 is 2.59 bits per heavy atom. The van der Waals surface area contributed by atoms with Gasteiger partial charge >= 0.3 is 0 Å². The molecule has 1 aromatic heterocycles. The van der Waals surface area contributed by atoms with Crippen molar-refractivity contribution in [2.75, 3.05) is 13.1 Å². The molecule has 2 atom stereocenters. The van der Waals surface area contributed by atoms with Gasteiger partial charge in [0.2, 0.25) is 15.9 Å². The number of aromatic nitrogens is 2. The van der Waals surface area contributed by atoms with Crippen molar-refractivity contribution in [1.82, 2.24) is 19.6 Å². The third-order valence-corrected chi connectivity index (χ3v) is 7.78. The van der Waals surface area contributed by atoms with Crippen molar-refractivity contribution < 1.29 is 13.2 Å². The van der Waals surface area contributed by atoms with Gasteiger partial charge in [-0.05, 0) is 49.4 Å². The van der Waals surface area contributed by atoms with Crippen LogP contribution < -0.4 is 5.32 Å². The molecule has 170 valence electrons. The second-order valence-electron chi connectivity index (χ2n) is 8.85. The second kappa shape index (κ2) is 9.42. The maximum Gasteiger partial charge on any atom is 0.243 e. The van der Waals surface area contributed by atoms with Gasteiger partial charge in [0.1, 0.15) is 5.82 Å². The number of carbonyl (C=O) groups is 1. The van der Waals surface area contributed by atoms with Gasteiger partial charge in [0, 0.05) is 13.1 Å². The van der Waals surface area contributed by atoms with Crippen LogP contribution in [0.25, 0.3) is 11.0 Å². The number of nitrogens with one attached hydrogen (secondary N) is 2. The van der Waals surface area contributed by atoms with E-state index >= 15 is 0 Å². The molecule has 2 N–H and O–H groups in total. The minimum atomic E-state index is -3.61. The van der Waals surface area contributed by atoms with Gasteiger partial charge in [-0.2, -0.15) is 4.31 Å². The van der Waals surface area contributed by atoms with Crippen LogP contribution in [0.5, 0.6) is 0 Å². The van der Waals surface area contributed by atoms with Gasteiger partial charge in [-0.3, -0.25) is 4.79 Å². The van der Waals surface area contributed by atoms with Crippen LogP contribution in [0.2, 0.25) is 0 Å². The van der Waals surface area contributed by atoms with Crippen LogP contribution in [0.4, 0.5) is 0 Å². The quantitative estimate of drug-likeness (QED) is 0.567. The molecule has 4 rings (SSSR count). The Morgan fingerprint density at radius 1 is 1.16 bits per heavy atom. The average molecular weight is 455 g/mol. The molecule has 0 radical (unpaired) electrons. The first-order chi connectivity index (χ1) is 15.3. The zero-order valence-corrected chi connectivity index (χ0v) is 19.3. The summed E-state index contributed by atoms with van der Waals surface area (Å²) in [6, 6.07) is 15.9. The lowest BCUT2D eigenvalue weighted by atomic mass is 9.97. The molecule has 1 fully saturated rings. The highest BCUT2D eigenvalue weighted by molar-refractivity contribution is 7.89. The number of amides is 1. The zero-order chi connectivity index (χ0) is 22.7. The number of benzene rings is 2. The molecule has 2 unspecified atom stereocenters. The van der Waals surface area contributed by atoms with Crippen LogP contribution >= 0.6 is 0 Å². The van der Waals surface area contributed by atoms with Crippen molar-refractivity contribution in [3.8, 4) is 0 Å². The van der Waals surface area contributed by atoms with E-state index < -0.39 is 10.0 Å². The molecular formula is C24H30N4O3S. The van der Waals surface area contributed by atoms with Crippen molar-refractivity contribution in [1.29, 1.82) is 0 Å². The van der Waals surface area contributed by atoms with Gasteiger partial charge in [0.15, 0.2) is 0 Å². The number of hydrogen-bond donors (Lipinski definition) is 2. The predicted molar refractivity (Wildman–Crippen MR) is 124 cm³/mol. The number of H-pyrrole nitrogens is 1. The summed E-state index contributed by atoms with van der Waals surface area (Å²) < 4.78 is 27.5. The number of para-hydroxylation sites is 2. The summed E-state index contributed by atoms with van der Waals surface area (Å²) in [4.78, 5) is 21.5. The van der Waals surface area contributed by atoms with Gasteiger partial charge in [-0.25, -0.2) is 13.4 Å². The van der Waals surface area contributed by atoms with Gasteiger partial charge in [0.05, 0.1) is 27.9 Å². The molecular weight excluding hydrogens is 424 g/mol. The van der Waals surface area contributed by atoms with Crippen LogP contribution in [0.15, 0.2) is 59.5 Å². The zero-order valence-electron chi connectivity index (χ0n) is 18.5. The monoisotopic (exact) mass is 454 g/mol. The molecule has 2 heterocycles. The number of imidazole rings is 1. The Labute approximate surface area is 189 Å². The van der Waals surface area contributed by atoms with Crippen LogP contribution in [-0.2, 0) is 14.8 Å². The van der Waals surface area contributed by atoms with Crippen LogP contribution in [0.3, 0.4) is 0 Å². The lowest BCUT2D eigenvalue weighted by molar-refractivity contribution is -0.127. The number of sulfonamides is 1. The summed E-state index contributed by atoms with van der Waals surface area (Å²) in [6.45, 7) is 4.84. The van der Waals surface area contributed by atoms with Crippen LogP contribution in [0, 0.1) is 11.8 Å². The fourth-order valence-electron chi connectivity index (χ4n) is 4.25. The van der Waals surface area contributed by atoms with Crippen LogP contribution in [-0.4, -0.2) is 41.7 Å². The first-order valence-corrected chi connectivity index (χ1v) is 12.6. The summed E-state index contributed by atoms with van der Waals surface area (Å²) in [6.07, 6.45) is 2.06. The standard InChI is InChI=1S/C24H30N4O3S/c1-17(2)15-22(23-25-20-12-6-7-13-21(20)26-23)27-24(29)18-9-8-14-28(16-18)32(30,31)19-10-4-3-5-11-19/h3-7,10-13,17-18,22H,8-9,14-16H2,1-2H3,(H,25,26)(H,27,29). The molecule has 0 saturated carbocycles. The van der Waals surface area contributed by atoms with E-state index in [0.29, 0.717) is 25.3 Å². The van der Waals surface area contributed by atoms with E-state index in [1.165, 1.54) is 4.31 Å². The molecule has 7 nitrogen and oxygen atoms in total. The van der Waals surface area contributed by atoms with Gasteiger partial charge < -0.3 is 10.3 Å². The number of fused-ring (bicyclic) bond motifs is 1. The molecule has 1 aliphatic rings. The van der Waals surface area contributed by atoms with Crippen molar-refractivity contribution in [2.24, 2.45) is 11.8 Å². The van der Waals surface area contributed by atoms with E-state index in [4.69, 9.17) is 0 Å². The van der Waals surface area contributed by atoms with Gasteiger partial charge in [-0.15, -0.1) is 0 Å². The summed E-state index contributed by atoms with van der Waals surface area (Å²) >= 11 is 0. The number of hydrogen-bond acceptors (Lipinski definition) is 4. The van der Waals surface area contributed by atoms with E-state index in [1.807, 2.05) is 24.3 Å². The Morgan fingerprint density at radius 2 is 1.88 bits per heavy atom. The van der Waals surface area contributed by atoms with Crippen LogP contribution in [0.1, 0.15) is 45.0 Å². The molecule has 2 aromatic carbocycles. The molecule has 8 heteroatoms. The third-order valence-electron chi connectivity index (χ3n) is 5.90. The molecule has 1 aliphatic heterocycles. The highest BCUT2D eigenvalue weighted by Gasteiger charge is 2.34. The molecule has 0 bridgehead atoms. The normalized spacial score (nSPS) is 18.7. The smallest absolute Gasteiger partial charge is 0.243 e. The number of rotatable bonds is 7. The van der Waals surface area contributed by atoms with E-state index in [0.717, 1.165) is 23.3 Å². The second-order valence-corrected chi connectivity index (χ2v) is 10.8. The lowest BCUT2D eigenvalue weighted by Gasteiger charge is -2.32. The summed E-state index contributed by atoms with van der Waals surface area (Å²) in [7, 11) is -3.61. The maximum absolute atomic E-state index is 13.2. The van der Waals surface area contributed by atoms with Crippen molar-refractivity contribution >= 4 is 27.0 Å². The summed E-state index contributed by atoms with van der Waals surface area (Å²) in [5.41, 5.74) is 1.80. The van der Waals surface area contributed by atoms with Gasteiger partial charge in [0.25, 0.3) is 0 Å². The van der Waals surface area contributed by atoms with Crippen molar-refractivity contribution in [2.45, 2.75) is 44.0 Å². The number of carbonyl (C=O) groups excluding carboxylic acids is 1. The summed E-state index contributed by atoms with van der Waals surface area (Å²) in [5.74, 6) is 0.581. The van der Waals surface area contributed by atoms with Crippen molar-refractivity contribution in [3.63, 3.8) is 0 Å². The number of nitrogens with zero attached hydrogens (tertiary/aromatic N) is 2. The molecule has 32 heavy (non-hydrogen) atoms. The molecule has 3 aromatic rings. The van der Waals surface area contributed by atoms with E-state index in [1.54, 1.807) is 30.3 Å². The average Bonchev–Trinajstić information content (AvgIpc) is 3.23. The fraction of sp³-hybridized carbons (Fsp3) is 0.417. The lowest BCUT2D eigenvalue weighted by Crippen LogP contribution is -2.46. The first kappa shape index (κ1) is 22.5. The molecule has 0 spiro atoms. The molecule has 0 aliphatic carbocycles. The maximum atomic E-state index is 13.2. The van der Waals surface area contributed by atoms with Gasteiger partial charge in [-0.1, -0.05) is 44.2 Å². The summed E-state index contributed by atoms with van der Waals surface area (Å²) in [5, 5.41) is 3.15. The minimum Gasteiger partial charge on any atom is -0.346 e. The highest BCUT2D eigenvalue weighted by Crippen LogP contribution is 2.26. The number of aromatic amines is 1. The fourth-order valence-corrected chi connectivity index (χ4v) is 5.80. The topological polar surface area (TPSA) is 95.2 Å². The van der Waals surface area contributed by atoms with E-state index in [9.17, 15) is 13.2 Å². The first-order valence-electron chi connectivity index (χ1n) is 11.1. The number of piperidine rings is 1. The Kier molecular flexibility index (Phi) is 6.62. The largest absolute Gasteiger partial charge is 0.346 e. The molecule has 1 saturated heterocycles. The Balaban J connectivity index is 1.50. The van der Waals surface area contributed by atoms with E-state index in [2.05, 4.69) is 29.1 Å². The predicted octanol–water partition coefficient (Wildman–Crippen LogP) is 3.87. The Hall–Kier alpha value is -2.71. The van der Waals surface area contributed by atoms with Crippen molar-refractivity contribution in [3.05, 3.63) is 60.4 Å². The SMILES string of the molecule is CC(C)CC(NC(=O)C1CCCN(S(=O)(=O)c2ccccc2)C1)c1nc2ccccc2[nH]1. The highest BCUT2D eigenvalue weighted by atomic mass is 32.2. The van der Waals surface area contributed by atoms with E-state index in [-0.39, 0.29) is 29.3 Å². The Bertz CT molecular complexity index is 1140. The third kappa shape index (κ3) is 4.86. The molecule has 1 amide bonds. The minimum absolute atomic E-state index is 0.121.